The number of aliphatic hydroxyl groups excluding tert-OH is 1. The predicted molar refractivity (Wildman–Crippen MR) is 85.3 cm³/mol. The Bertz CT molecular complexity index is 763. The first-order chi connectivity index (χ1) is 11.8. The number of hydrogen-bond donors (Lipinski definition) is 3. The molecule has 0 saturated carbocycles. The van der Waals surface area contributed by atoms with E-state index in [1.165, 1.54) is 24.5 Å². The Morgan fingerprint density at radius 3 is 2.84 bits per heavy atom. The summed E-state index contributed by atoms with van der Waals surface area (Å²) >= 11 is 0. The number of rotatable bonds is 7. The molecule has 0 aliphatic heterocycles. The van der Waals surface area contributed by atoms with Crippen LogP contribution in [0.15, 0.2) is 42.4 Å². The average molecular weight is 354 g/mol. The summed E-state index contributed by atoms with van der Waals surface area (Å²) in [5, 5.41) is 11.7. The van der Waals surface area contributed by atoms with Crippen molar-refractivity contribution in [3.63, 3.8) is 0 Å². The van der Waals surface area contributed by atoms with Crippen LogP contribution in [0.4, 0.5) is 18.9 Å². The van der Waals surface area contributed by atoms with Crippen molar-refractivity contribution in [2.45, 2.75) is 19.5 Å². The number of anilines is 1. The fraction of sp³-hybridized carbons (Fsp3) is 0.250. The van der Waals surface area contributed by atoms with Crippen molar-refractivity contribution < 1.29 is 23.0 Å². The number of aliphatic hydroxyl groups is 1. The normalized spacial score (nSPS) is 12.1. The Kier molecular flexibility index (Phi) is 5.81. The Balaban J connectivity index is 1.99. The van der Waals surface area contributed by atoms with Crippen LogP contribution in [0.5, 0.6) is 6.01 Å². The van der Waals surface area contributed by atoms with E-state index in [-0.39, 0.29) is 30.6 Å². The fourth-order valence-electron chi connectivity index (χ4n) is 1.85. The van der Waals surface area contributed by atoms with E-state index in [1.807, 2.05) is 0 Å². The maximum absolute atomic E-state index is 13.4. The number of nitrogens with one attached hydrogen (secondary N) is 1. The van der Waals surface area contributed by atoms with Gasteiger partial charge in [-0.15, -0.1) is 0 Å². The van der Waals surface area contributed by atoms with Crippen molar-refractivity contribution in [3.8, 4) is 6.01 Å². The van der Waals surface area contributed by atoms with Crippen molar-refractivity contribution in [3.05, 3.63) is 59.4 Å². The van der Waals surface area contributed by atoms with Crippen molar-refractivity contribution in [1.29, 1.82) is 0 Å². The van der Waals surface area contributed by atoms with E-state index in [0.29, 0.717) is 12.6 Å². The highest BCUT2D eigenvalue weighted by Crippen LogP contribution is 2.31. The zero-order chi connectivity index (χ0) is 18.4. The average Bonchev–Trinajstić information content (AvgIpc) is 2.58. The molecule has 0 aliphatic carbocycles. The summed E-state index contributed by atoms with van der Waals surface area (Å²) in [5.41, 5.74) is 5.90. The van der Waals surface area contributed by atoms with Crippen molar-refractivity contribution in [1.82, 2.24) is 9.97 Å². The quantitative estimate of drug-likeness (QED) is 0.707. The van der Waals surface area contributed by atoms with E-state index in [4.69, 9.17) is 15.6 Å². The summed E-state index contributed by atoms with van der Waals surface area (Å²) in [6, 6.07) is 4.83. The highest BCUT2D eigenvalue weighted by molar-refractivity contribution is 5.49. The monoisotopic (exact) mass is 354 g/mol. The molecule has 1 aromatic carbocycles. The molecular formula is C16H17F3N4O2. The largest absolute Gasteiger partial charge is 0.457 e. The van der Waals surface area contributed by atoms with Crippen LogP contribution in [-0.2, 0) is 12.5 Å². The Morgan fingerprint density at radius 2 is 2.16 bits per heavy atom. The summed E-state index contributed by atoms with van der Waals surface area (Å²) in [7, 11) is 0. The maximum Gasteiger partial charge on any atom is 0.317 e. The number of halogens is 3. The molecule has 134 valence electrons. The summed E-state index contributed by atoms with van der Waals surface area (Å²) in [6.45, 7) is 0.300. The van der Waals surface area contributed by atoms with Crippen LogP contribution in [0, 0.1) is 5.82 Å². The van der Waals surface area contributed by atoms with Gasteiger partial charge in [-0.05, 0) is 24.3 Å². The number of ether oxygens (including phenoxy) is 1. The molecule has 0 radical (unpaired) electrons. The number of benzene rings is 1. The highest BCUT2D eigenvalue weighted by Gasteiger charge is 2.28. The molecule has 6 nitrogen and oxygen atoms in total. The maximum atomic E-state index is 13.4. The van der Waals surface area contributed by atoms with Crippen LogP contribution in [0.25, 0.3) is 0 Å². The number of alkyl halides is 2. The molecule has 0 atom stereocenters. The topological polar surface area (TPSA) is 93.3 Å². The molecule has 0 aliphatic rings. The minimum atomic E-state index is -3.30. The first-order valence-electron chi connectivity index (χ1n) is 7.24. The number of nitrogens with zero attached hydrogens (tertiary/aromatic N) is 2. The van der Waals surface area contributed by atoms with Gasteiger partial charge in [-0.1, -0.05) is 0 Å². The summed E-state index contributed by atoms with van der Waals surface area (Å²) in [6.07, 6.45) is 2.76. The van der Waals surface area contributed by atoms with Crippen LogP contribution in [0.3, 0.4) is 0 Å². The smallest absolute Gasteiger partial charge is 0.317 e. The van der Waals surface area contributed by atoms with E-state index in [0.717, 1.165) is 12.1 Å². The van der Waals surface area contributed by atoms with Gasteiger partial charge in [0.15, 0.2) is 0 Å². The van der Waals surface area contributed by atoms with Crippen LogP contribution in [0.2, 0.25) is 0 Å². The van der Waals surface area contributed by atoms with Gasteiger partial charge >= 0.3 is 6.01 Å². The van der Waals surface area contributed by atoms with Crippen molar-refractivity contribution in [2.75, 3.05) is 11.9 Å². The van der Waals surface area contributed by atoms with E-state index >= 15 is 0 Å². The molecule has 0 fully saturated rings. The molecule has 25 heavy (non-hydrogen) atoms. The molecule has 2 aromatic rings. The Morgan fingerprint density at radius 1 is 1.40 bits per heavy atom. The van der Waals surface area contributed by atoms with Gasteiger partial charge in [0.05, 0.1) is 23.6 Å². The predicted octanol–water partition coefficient (Wildman–Crippen LogP) is 2.51. The molecule has 0 amide bonds. The van der Waals surface area contributed by atoms with Crippen LogP contribution in [-0.4, -0.2) is 21.7 Å². The SMILES string of the molecule is CC(F)(F)c1cc(N/C=C(\N)COc2nccc(CO)n2)ccc1F. The number of nitrogens with two attached hydrogens (primary N) is 1. The second kappa shape index (κ2) is 7.84. The zero-order valence-electron chi connectivity index (χ0n) is 13.3. The van der Waals surface area contributed by atoms with Crippen LogP contribution < -0.4 is 15.8 Å². The molecule has 0 bridgehead atoms. The molecule has 0 unspecified atom stereocenters. The van der Waals surface area contributed by atoms with E-state index in [2.05, 4.69) is 15.3 Å². The lowest BCUT2D eigenvalue weighted by atomic mass is 10.1. The van der Waals surface area contributed by atoms with E-state index in [9.17, 15) is 13.2 Å². The minimum Gasteiger partial charge on any atom is -0.457 e. The molecule has 2 rings (SSSR count). The lowest BCUT2D eigenvalue weighted by Gasteiger charge is -2.13. The van der Waals surface area contributed by atoms with Crippen molar-refractivity contribution >= 4 is 5.69 Å². The summed E-state index contributed by atoms with van der Waals surface area (Å²) in [4.78, 5) is 7.77. The number of aromatic nitrogens is 2. The fourth-order valence-corrected chi connectivity index (χ4v) is 1.85. The second-order valence-electron chi connectivity index (χ2n) is 5.22. The van der Waals surface area contributed by atoms with E-state index < -0.39 is 17.3 Å². The van der Waals surface area contributed by atoms with E-state index in [1.54, 1.807) is 0 Å². The van der Waals surface area contributed by atoms with Gasteiger partial charge in [0.1, 0.15) is 12.4 Å². The lowest BCUT2D eigenvalue weighted by Crippen LogP contribution is -2.13. The van der Waals surface area contributed by atoms with Gasteiger partial charge in [0, 0.05) is 25.0 Å². The van der Waals surface area contributed by atoms with Gasteiger partial charge in [0.25, 0.3) is 5.92 Å². The zero-order valence-corrected chi connectivity index (χ0v) is 13.3. The van der Waals surface area contributed by atoms with Gasteiger partial charge in [-0.25, -0.2) is 18.2 Å². The van der Waals surface area contributed by atoms with Gasteiger partial charge in [-0.2, -0.15) is 4.98 Å². The van der Waals surface area contributed by atoms with Gasteiger partial charge < -0.3 is 20.9 Å². The molecule has 0 spiro atoms. The highest BCUT2D eigenvalue weighted by atomic mass is 19.3. The molecule has 4 N–H and O–H groups in total. The van der Waals surface area contributed by atoms with Crippen LogP contribution >= 0.6 is 0 Å². The van der Waals surface area contributed by atoms with Gasteiger partial charge in [0.2, 0.25) is 0 Å². The molecule has 1 heterocycles. The first kappa shape index (κ1) is 18.5. The third-order valence-electron chi connectivity index (χ3n) is 3.08. The minimum absolute atomic E-state index is 0.0394. The lowest BCUT2D eigenvalue weighted by molar-refractivity contribution is 0.0138. The summed E-state index contributed by atoms with van der Waals surface area (Å²) in [5.74, 6) is -4.28. The molecule has 0 saturated heterocycles. The third-order valence-corrected chi connectivity index (χ3v) is 3.08. The second-order valence-corrected chi connectivity index (χ2v) is 5.22. The first-order valence-corrected chi connectivity index (χ1v) is 7.24. The standard InChI is InChI=1S/C16H17F3N4O2/c1-16(18,19)13-6-11(2-3-14(13)17)22-7-10(20)9-25-15-21-5-4-12(8-24)23-15/h2-7,22,24H,8-9,20H2,1H3/b10-7-. The Labute approximate surface area is 142 Å². The third kappa shape index (κ3) is 5.35. The Hall–Kier alpha value is -2.81. The molecule has 1 aromatic heterocycles. The van der Waals surface area contributed by atoms with Crippen molar-refractivity contribution in [2.24, 2.45) is 5.73 Å². The van der Waals surface area contributed by atoms with Crippen LogP contribution in [0.1, 0.15) is 18.2 Å². The van der Waals surface area contributed by atoms with Gasteiger partial charge in [-0.3, -0.25) is 0 Å². The molecular weight excluding hydrogens is 337 g/mol. The molecule has 9 heteroatoms. The number of hydrogen-bond acceptors (Lipinski definition) is 6. The summed E-state index contributed by atoms with van der Waals surface area (Å²) < 4.78 is 45.3.